The number of morpholine rings is 1. The lowest BCUT2D eigenvalue weighted by molar-refractivity contribution is -0.137. The Balaban J connectivity index is 1.32. The van der Waals surface area contributed by atoms with E-state index in [9.17, 15) is 26.4 Å². The summed E-state index contributed by atoms with van der Waals surface area (Å²) < 4.78 is 75.8. The van der Waals surface area contributed by atoms with Crippen molar-refractivity contribution in [3.8, 4) is 0 Å². The first-order chi connectivity index (χ1) is 19.5. The van der Waals surface area contributed by atoms with Crippen molar-refractivity contribution >= 4 is 21.6 Å². The van der Waals surface area contributed by atoms with Gasteiger partial charge in [0.05, 0.1) is 40.9 Å². The van der Waals surface area contributed by atoms with Crippen molar-refractivity contribution in [2.45, 2.75) is 42.5 Å². The minimum Gasteiger partial charge on any atom is -0.371 e. The molecule has 11 heteroatoms. The highest BCUT2D eigenvalue weighted by molar-refractivity contribution is 7.89. The molecule has 2 atom stereocenters. The van der Waals surface area contributed by atoms with E-state index >= 15 is 0 Å². The topological polar surface area (TPSA) is 79.0 Å². The molecule has 3 aromatic carbocycles. The summed E-state index contributed by atoms with van der Waals surface area (Å²) in [7, 11) is -3.86. The molecule has 2 heterocycles. The van der Waals surface area contributed by atoms with E-state index in [4.69, 9.17) is 4.74 Å². The lowest BCUT2D eigenvalue weighted by Crippen LogP contribution is -2.59. The zero-order chi connectivity index (χ0) is 29.3. The van der Waals surface area contributed by atoms with Crippen LogP contribution in [-0.4, -0.2) is 68.0 Å². The number of hydrogen-bond acceptors (Lipinski definition) is 5. The Labute approximate surface area is 238 Å². The second kappa shape index (κ2) is 11.6. The molecule has 218 valence electrons. The number of alkyl halides is 3. The van der Waals surface area contributed by atoms with Crippen molar-refractivity contribution in [2.75, 3.05) is 38.1 Å². The van der Waals surface area contributed by atoms with Crippen LogP contribution in [0.2, 0.25) is 0 Å². The molecule has 7 nitrogen and oxygen atoms in total. The molecule has 3 aromatic rings. The normalized spacial score (nSPS) is 22.2. The summed E-state index contributed by atoms with van der Waals surface area (Å²) in [5.41, 5.74) is -0.110. The van der Waals surface area contributed by atoms with Gasteiger partial charge in [0.15, 0.2) is 0 Å². The maximum Gasteiger partial charge on any atom is 0.418 e. The van der Waals surface area contributed by atoms with E-state index in [0.717, 1.165) is 17.2 Å². The second-order valence-corrected chi connectivity index (χ2v) is 12.6. The lowest BCUT2D eigenvalue weighted by atomic mass is 9.98. The lowest BCUT2D eigenvalue weighted by Gasteiger charge is -2.44. The first-order valence-corrected chi connectivity index (χ1v) is 14.8. The highest BCUT2D eigenvalue weighted by atomic mass is 32.2. The molecule has 2 fully saturated rings. The molecule has 0 bridgehead atoms. The minimum absolute atomic E-state index is 0.107. The minimum atomic E-state index is -4.60. The maximum absolute atomic E-state index is 13.9. The summed E-state index contributed by atoms with van der Waals surface area (Å²) in [6, 6.07) is 20.8. The van der Waals surface area contributed by atoms with Gasteiger partial charge in [0.1, 0.15) is 0 Å². The number of hydrogen-bond donors (Lipinski definition) is 1. The summed E-state index contributed by atoms with van der Waals surface area (Å²) in [4.78, 5) is 14.7. The van der Waals surface area contributed by atoms with Gasteiger partial charge < -0.3 is 10.1 Å². The van der Waals surface area contributed by atoms with Crippen LogP contribution in [0.25, 0.3) is 0 Å². The van der Waals surface area contributed by atoms with Crippen LogP contribution in [-0.2, 0) is 32.2 Å². The molecule has 0 saturated carbocycles. The van der Waals surface area contributed by atoms with E-state index in [2.05, 4.69) is 5.32 Å². The molecule has 1 spiro atoms. The average Bonchev–Trinajstić information content (AvgIpc) is 3.31. The largest absolute Gasteiger partial charge is 0.418 e. The van der Waals surface area contributed by atoms with E-state index in [1.807, 2.05) is 37.3 Å². The number of carbonyl (C=O) groups is 1. The predicted octanol–water partition coefficient (Wildman–Crippen LogP) is 4.73. The number of rotatable bonds is 7. The van der Waals surface area contributed by atoms with Crippen LogP contribution in [0.1, 0.15) is 23.1 Å². The molecular weight excluding hydrogens is 555 g/mol. The Morgan fingerprint density at radius 2 is 1.68 bits per heavy atom. The Morgan fingerprint density at radius 1 is 1.00 bits per heavy atom. The second-order valence-electron chi connectivity index (χ2n) is 10.8. The fraction of sp³-hybridized carbons (Fsp3) is 0.367. The number of carbonyl (C=O) groups excluding carboxylic acids is 1. The Morgan fingerprint density at radius 3 is 2.39 bits per heavy atom. The molecule has 2 aliphatic heterocycles. The van der Waals surface area contributed by atoms with E-state index in [0.29, 0.717) is 19.4 Å². The van der Waals surface area contributed by atoms with Crippen molar-refractivity contribution in [1.29, 1.82) is 0 Å². The molecule has 0 aromatic heterocycles. The average molecular weight is 588 g/mol. The third kappa shape index (κ3) is 6.64. The van der Waals surface area contributed by atoms with Gasteiger partial charge in [-0.25, -0.2) is 8.42 Å². The van der Waals surface area contributed by atoms with E-state index in [1.54, 1.807) is 29.2 Å². The Bertz CT molecular complexity index is 1480. The van der Waals surface area contributed by atoms with Crippen LogP contribution in [0, 0.1) is 6.92 Å². The van der Waals surface area contributed by atoms with E-state index < -0.39 is 39.3 Å². The molecular formula is C30H32F3N3O4S. The van der Waals surface area contributed by atoms with Crippen LogP contribution >= 0.6 is 0 Å². The number of aryl methyl sites for hydroxylation is 1. The molecule has 0 radical (unpaired) electrons. The van der Waals surface area contributed by atoms with Gasteiger partial charge in [0.25, 0.3) is 0 Å². The monoisotopic (exact) mass is 587 g/mol. The first kappa shape index (κ1) is 29.2. The number of nitrogens with one attached hydrogen (secondary N) is 1. The van der Waals surface area contributed by atoms with Crippen molar-refractivity contribution < 1.29 is 31.1 Å². The van der Waals surface area contributed by atoms with Gasteiger partial charge in [0, 0.05) is 19.6 Å². The summed E-state index contributed by atoms with van der Waals surface area (Å²) in [5.74, 6) is -0.583. The van der Waals surface area contributed by atoms with Crippen molar-refractivity contribution in [3.63, 3.8) is 0 Å². The van der Waals surface area contributed by atoms with Crippen molar-refractivity contribution in [3.05, 3.63) is 95.6 Å². The summed E-state index contributed by atoms with van der Waals surface area (Å²) in [6.45, 7) is 2.75. The third-order valence-electron chi connectivity index (χ3n) is 7.64. The van der Waals surface area contributed by atoms with Gasteiger partial charge in [-0.3, -0.25) is 9.69 Å². The van der Waals surface area contributed by atoms with E-state index in [-0.39, 0.29) is 36.8 Å². The number of amides is 1. The predicted molar refractivity (Wildman–Crippen MR) is 149 cm³/mol. The van der Waals surface area contributed by atoms with Gasteiger partial charge in [-0.2, -0.15) is 17.5 Å². The Kier molecular flexibility index (Phi) is 8.24. The number of para-hydroxylation sites is 1. The number of anilines is 1. The fourth-order valence-electron chi connectivity index (χ4n) is 5.53. The number of nitrogens with zero attached hydrogens (tertiary/aromatic N) is 2. The van der Waals surface area contributed by atoms with Gasteiger partial charge in [-0.1, -0.05) is 60.2 Å². The zero-order valence-electron chi connectivity index (χ0n) is 22.6. The molecule has 1 N–H and O–H groups in total. The quantitative estimate of drug-likeness (QED) is 0.433. The summed E-state index contributed by atoms with van der Waals surface area (Å²) in [6.07, 6.45) is -3.63. The van der Waals surface area contributed by atoms with Crippen LogP contribution < -0.4 is 5.32 Å². The van der Waals surface area contributed by atoms with Crippen LogP contribution in [0.5, 0.6) is 0 Å². The van der Waals surface area contributed by atoms with Gasteiger partial charge >= 0.3 is 6.18 Å². The molecule has 5 rings (SSSR count). The van der Waals surface area contributed by atoms with Gasteiger partial charge in [0.2, 0.25) is 15.9 Å². The van der Waals surface area contributed by atoms with Gasteiger partial charge in [-0.05, 0) is 49.6 Å². The summed E-state index contributed by atoms with van der Waals surface area (Å²) in [5, 5.41) is 2.38. The standard InChI is InChI=1S/C30H32F3N3O4S/c1-22-11-13-25(14-12-22)41(38,39)36-21-29(40-19-24(36)17-23-7-3-2-4-8-23)15-16-35(20-29)18-28(37)34-27-10-6-5-9-26(27)30(31,32)33/h2-14,24H,15-21H2,1H3,(H,34,37)/t24-,29-/m0/s1. The fourth-order valence-corrected chi connectivity index (χ4v) is 7.21. The van der Waals surface area contributed by atoms with E-state index in [1.165, 1.54) is 22.5 Å². The third-order valence-corrected chi connectivity index (χ3v) is 9.56. The first-order valence-electron chi connectivity index (χ1n) is 13.4. The number of benzene rings is 3. The smallest absolute Gasteiger partial charge is 0.371 e. The number of likely N-dealkylation sites (tertiary alicyclic amines) is 1. The van der Waals surface area contributed by atoms with Crippen LogP contribution in [0.3, 0.4) is 0 Å². The molecule has 1 amide bonds. The number of halogens is 3. The highest BCUT2D eigenvalue weighted by Gasteiger charge is 2.49. The number of ether oxygens (including phenoxy) is 1. The molecule has 41 heavy (non-hydrogen) atoms. The van der Waals surface area contributed by atoms with Crippen molar-refractivity contribution in [1.82, 2.24) is 9.21 Å². The van der Waals surface area contributed by atoms with Gasteiger partial charge in [-0.15, -0.1) is 0 Å². The Hall–Kier alpha value is -3.25. The maximum atomic E-state index is 13.9. The summed E-state index contributed by atoms with van der Waals surface area (Å²) >= 11 is 0. The van der Waals surface area contributed by atoms with Crippen LogP contribution in [0.15, 0.2) is 83.8 Å². The molecule has 0 unspecified atom stereocenters. The molecule has 2 aliphatic rings. The SMILES string of the molecule is Cc1ccc(S(=O)(=O)N2C[C@@]3(CCN(CC(=O)Nc4ccccc4C(F)(F)F)C3)OC[C@@H]2Cc2ccccc2)cc1. The van der Waals surface area contributed by atoms with Crippen LogP contribution in [0.4, 0.5) is 18.9 Å². The van der Waals surface area contributed by atoms with Crippen molar-refractivity contribution in [2.24, 2.45) is 0 Å². The highest BCUT2D eigenvalue weighted by Crippen LogP contribution is 2.36. The number of sulfonamides is 1. The molecule has 0 aliphatic carbocycles. The molecule has 2 saturated heterocycles. The zero-order valence-corrected chi connectivity index (χ0v) is 23.4.